The number of nitrogens with zero attached hydrogens (tertiary/aromatic N) is 2. The number of ether oxygens (including phenoxy) is 2. The minimum atomic E-state index is 0.210. The van der Waals surface area contributed by atoms with Gasteiger partial charge >= 0.3 is 0 Å². The van der Waals surface area contributed by atoms with Gasteiger partial charge in [-0.15, -0.1) is 0 Å². The van der Waals surface area contributed by atoms with Gasteiger partial charge in [0.25, 0.3) is 0 Å². The molecular weight excluding hydrogens is 304 g/mol. The van der Waals surface area contributed by atoms with Crippen molar-refractivity contribution in [3.8, 4) is 11.5 Å². The highest BCUT2D eigenvalue weighted by Crippen LogP contribution is 2.31. The zero-order valence-electron chi connectivity index (χ0n) is 15.0. The number of carbonyl (C=O) groups is 1. The molecule has 1 aromatic rings. The first-order chi connectivity index (χ1) is 11.6. The molecule has 24 heavy (non-hydrogen) atoms. The SMILES string of the molecule is COc1ccc(CC(=O)N2CCCC2C2CCCN2C)c(OC)c1. The van der Waals surface area contributed by atoms with Gasteiger partial charge in [0.1, 0.15) is 11.5 Å². The monoisotopic (exact) mass is 332 g/mol. The quantitative estimate of drug-likeness (QED) is 0.830. The van der Waals surface area contributed by atoms with Gasteiger partial charge in [0.2, 0.25) is 5.91 Å². The van der Waals surface area contributed by atoms with Crippen LogP contribution in [0, 0.1) is 0 Å². The zero-order valence-corrected chi connectivity index (χ0v) is 15.0. The number of benzene rings is 1. The number of likely N-dealkylation sites (N-methyl/N-ethyl adjacent to an activating group) is 1. The average molecular weight is 332 g/mol. The van der Waals surface area contributed by atoms with Crippen LogP contribution in [0.2, 0.25) is 0 Å². The van der Waals surface area contributed by atoms with Gasteiger partial charge in [-0.1, -0.05) is 6.07 Å². The molecule has 2 fully saturated rings. The highest BCUT2D eigenvalue weighted by molar-refractivity contribution is 5.80. The third-order valence-electron chi connectivity index (χ3n) is 5.48. The lowest BCUT2D eigenvalue weighted by atomic mass is 10.0. The topological polar surface area (TPSA) is 42.0 Å². The Balaban J connectivity index is 1.72. The second-order valence-electron chi connectivity index (χ2n) is 6.84. The van der Waals surface area contributed by atoms with Crippen LogP contribution in [0.25, 0.3) is 0 Å². The Bertz CT molecular complexity index is 590. The first kappa shape index (κ1) is 17.1. The van der Waals surface area contributed by atoms with Crippen LogP contribution >= 0.6 is 0 Å². The largest absolute Gasteiger partial charge is 0.497 e. The van der Waals surface area contributed by atoms with E-state index in [0.29, 0.717) is 18.5 Å². The molecule has 0 saturated carbocycles. The highest BCUT2D eigenvalue weighted by atomic mass is 16.5. The first-order valence-electron chi connectivity index (χ1n) is 8.84. The van der Waals surface area contributed by atoms with Crippen LogP contribution < -0.4 is 9.47 Å². The Kier molecular flexibility index (Phi) is 5.29. The molecule has 2 heterocycles. The van der Waals surface area contributed by atoms with Crippen molar-refractivity contribution in [3.63, 3.8) is 0 Å². The molecule has 2 atom stereocenters. The van der Waals surface area contributed by atoms with E-state index in [2.05, 4.69) is 16.8 Å². The van der Waals surface area contributed by atoms with Gasteiger partial charge in [0, 0.05) is 30.3 Å². The van der Waals surface area contributed by atoms with Crippen LogP contribution in [-0.2, 0) is 11.2 Å². The molecule has 5 heteroatoms. The predicted octanol–water partition coefficient (Wildman–Crippen LogP) is 2.33. The number of hydrogen-bond donors (Lipinski definition) is 0. The van der Waals surface area contributed by atoms with Crippen molar-refractivity contribution < 1.29 is 14.3 Å². The molecule has 1 amide bonds. The van der Waals surface area contributed by atoms with Crippen molar-refractivity contribution in [2.45, 2.75) is 44.2 Å². The fourth-order valence-electron chi connectivity index (χ4n) is 4.19. The summed E-state index contributed by atoms with van der Waals surface area (Å²) in [5, 5.41) is 0. The first-order valence-corrected chi connectivity index (χ1v) is 8.84. The highest BCUT2D eigenvalue weighted by Gasteiger charge is 2.38. The molecule has 2 saturated heterocycles. The molecule has 2 unspecified atom stereocenters. The number of likely N-dealkylation sites (tertiary alicyclic amines) is 2. The Morgan fingerprint density at radius 2 is 1.88 bits per heavy atom. The summed E-state index contributed by atoms with van der Waals surface area (Å²) >= 11 is 0. The van der Waals surface area contributed by atoms with Crippen molar-refractivity contribution in [1.82, 2.24) is 9.80 Å². The lowest BCUT2D eigenvalue weighted by molar-refractivity contribution is -0.132. The van der Waals surface area contributed by atoms with Crippen LogP contribution in [-0.4, -0.2) is 62.1 Å². The van der Waals surface area contributed by atoms with Gasteiger partial charge in [-0.25, -0.2) is 0 Å². The number of rotatable bonds is 5. The molecule has 1 aromatic carbocycles. The van der Waals surface area contributed by atoms with Gasteiger partial charge in [-0.05, 0) is 45.3 Å². The summed E-state index contributed by atoms with van der Waals surface area (Å²) < 4.78 is 10.7. The number of methoxy groups -OCH3 is 2. The molecule has 132 valence electrons. The van der Waals surface area contributed by atoms with Crippen molar-refractivity contribution >= 4 is 5.91 Å². The van der Waals surface area contributed by atoms with Crippen molar-refractivity contribution in [3.05, 3.63) is 23.8 Å². The van der Waals surface area contributed by atoms with E-state index in [-0.39, 0.29) is 5.91 Å². The molecule has 2 aliphatic rings. The molecular formula is C19H28N2O3. The Hall–Kier alpha value is -1.75. The molecule has 0 bridgehead atoms. The van der Waals surface area contributed by atoms with Crippen molar-refractivity contribution in [1.29, 1.82) is 0 Å². The third-order valence-corrected chi connectivity index (χ3v) is 5.48. The molecule has 0 spiro atoms. The minimum absolute atomic E-state index is 0.210. The van der Waals surface area contributed by atoms with Crippen molar-refractivity contribution in [2.75, 3.05) is 34.4 Å². The fourth-order valence-corrected chi connectivity index (χ4v) is 4.19. The van der Waals surface area contributed by atoms with Gasteiger partial charge in [0.15, 0.2) is 0 Å². The molecule has 0 aromatic heterocycles. The van der Waals surface area contributed by atoms with Gasteiger partial charge in [-0.2, -0.15) is 0 Å². The summed E-state index contributed by atoms with van der Waals surface area (Å²) in [6, 6.07) is 6.55. The molecule has 2 aliphatic heterocycles. The maximum absolute atomic E-state index is 12.9. The van der Waals surface area contributed by atoms with Gasteiger partial charge in [-0.3, -0.25) is 4.79 Å². The number of amides is 1. The van der Waals surface area contributed by atoms with Crippen LogP contribution in [0.1, 0.15) is 31.2 Å². The Labute approximate surface area is 144 Å². The Morgan fingerprint density at radius 3 is 2.54 bits per heavy atom. The van der Waals surface area contributed by atoms with E-state index in [1.807, 2.05) is 18.2 Å². The summed E-state index contributed by atoms with van der Waals surface area (Å²) in [5.74, 6) is 1.67. The summed E-state index contributed by atoms with van der Waals surface area (Å²) in [5.41, 5.74) is 0.925. The molecule has 0 aliphatic carbocycles. The van der Waals surface area contributed by atoms with Crippen LogP contribution in [0.3, 0.4) is 0 Å². The maximum atomic E-state index is 12.9. The maximum Gasteiger partial charge on any atom is 0.227 e. The van der Waals surface area contributed by atoms with Gasteiger partial charge < -0.3 is 19.3 Å². The molecule has 5 nitrogen and oxygen atoms in total. The Morgan fingerprint density at radius 1 is 1.12 bits per heavy atom. The van der Waals surface area contributed by atoms with Crippen molar-refractivity contribution in [2.24, 2.45) is 0 Å². The summed E-state index contributed by atoms with van der Waals surface area (Å²) in [6.45, 7) is 2.03. The van der Waals surface area contributed by atoms with Gasteiger partial charge in [0.05, 0.1) is 20.6 Å². The standard InChI is InChI=1S/C19H28N2O3/c1-20-10-4-6-16(20)17-7-5-11-21(17)19(22)12-14-8-9-15(23-2)13-18(14)24-3/h8-9,13,16-17H,4-7,10-12H2,1-3H3. The average Bonchev–Trinajstić information content (AvgIpc) is 3.23. The van der Waals surface area contributed by atoms with E-state index in [4.69, 9.17) is 9.47 Å². The summed E-state index contributed by atoms with van der Waals surface area (Å²) in [7, 11) is 5.45. The lowest BCUT2D eigenvalue weighted by Crippen LogP contribution is -2.47. The molecule has 0 radical (unpaired) electrons. The van der Waals surface area contributed by atoms with Crippen LogP contribution in [0.5, 0.6) is 11.5 Å². The summed E-state index contributed by atoms with van der Waals surface area (Å²) in [6.07, 6.45) is 5.07. The van der Waals surface area contributed by atoms with E-state index in [1.54, 1.807) is 14.2 Å². The smallest absolute Gasteiger partial charge is 0.227 e. The molecule has 0 N–H and O–H groups in total. The molecule has 3 rings (SSSR count). The van der Waals surface area contributed by atoms with E-state index < -0.39 is 0 Å². The van der Waals surface area contributed by atoms with E-state index in [9.17, 15) is 4.79 Å². The zero-order chi connectivity index (χ0) is 17.1. The fraction of sp³-hybridized carbons (Fsp3) is 0.632. The second kappa shape index (κ2) is 7.43. The lowest BCUT2D eigenvalue weighted by Gasteiger charge is -2.33. The minimum Gasteiger partial charge on any atom is -0.497 e. The predicted molar refractivity (Wildman–Crippen MR) is 93.6 cm³/mol. The van der Waals surface area contributed by atoms with Crippen LogP contribution in [0.4, 0.5) is 0 Å². The second-order valence-corrected chi connectivity index (χ2v) is 6.84. The third kappa shape index (κ3) is 3.36. The number of carbonyl (C=O) groups excluding carboxylic acids is 1. The summed E-state index contributed by atoms with van der Waals surface area (Å²) in [4.78, 5) is 17.5. The normalized spacial score (nSPS) is 24.4. The van der Waals surface area contributed by atoms with E-state index in [0.717, 1.165) is 43.0 Å². The van der Waals surface area contributed by atoms with E-state index >= 15 is 0 Å². The van der Waals surface area contributed by atoms with Crippen LogP contribution in [0.15, 0.2) is 18.2 Å². The van der Waals surface area contributed by atoms with E-state index in [1.165, 1.54) is 12.8 Å². The number of hydrogen-bond acceptors (Lipinski definition) is 4.